The molecule has 1 N–H and O–H groups in total. The molecule has 0 saturated heterocycles. The highest BCUT2D eigenvalue weighted by Crippen LogP contribution is 2.27. The van der Waals surface area contributed by atoms with E-state index in [0.717, 1.165) is 27.4 Å². The standard InChI is InChI=1S/C16H12ClF3N4OS/c17-12-4-2-1-3-10(12)7-11-8-21-15(26-11)22-14(25)9-24-6-5-13(23-24)16(18,19)20/h1-6,8H,7,9H2,(H,21,22,25). The van der Waals surface area contributed by atoms with E-state index in [2.05, 4.69) is 15.4 Å². The van der Waals surface area contributed by atoms with Crippen molar-refractivity contribution in [3.63, 3.8) is 0 Å². The molecule has 1 amide bonds. The summed E-state index contributed by atoms with van der Waals surface area (Å²) in [5.74, 6) is -0.513. The Morgan fingerprint density at radius 3 is 2.73 bits per heavy atom. The third-order valence-corrected chi connectivity index (χ3v) is 4.64. The molecule has 0 fully saturated rings. The summed E-state index contributed by atoms with van der Waals surface area (Å²) in [7, 11) is 0. The lowest BCUT2D eigenvalue weighted by atomic mass is 10.1. The minimum Gasteiger partial charge on any atom is -0.300 e. The van der Waals surface area contributed by atoms with Gasteiger partial charge >= 0.3 is 6.18 Å². The number of hydrogen-bond donors (Lipinski definition) is 1. The Morgan fingerprint density at radius 2 is 2.04 bits per heavy atom. The number of halogens is 4. The number of amides is 1. The molecule has 3 aromatic rings. The van der Waals surface area contributed by atoms with Gasteiger partial charge in [0.1, 0.15) is 6.54 Å². The van der Waals surface area contributed by atoms with Crippen molar-refractivity contribution in [3.8, 4) is 0 Å². The number of rotatable bonds is 5. The summed E-state index contributed by atoms with van der Waals surface area (Å²) in [6.07, 6.45) is -1.24. The van der Waals surface area contributed by atoms with Gasteiger partial charge in [-0.3, -0.25) is 9.48 Å². The Balaban J connectivity index is 1.59. The van der Waals surface area contributed by atoms with Crippen LogP contribution >= 0.6 is 22.9 Å². The quantitative estimate of drug-likeness (QED) is 0.696. The largest absolute Gasteiger partial charge is 0.435 e. The van der Waals surface area contributed by atoms with Gasteiger partial charge in [0, 0.05) is 28.7 Å². The molecular weight excluding hydrogens is 389 g/mol. The molecule has 0 aliphatic carbocycles. The number of aromatic nitrogens is 3. The number of nitrogens with zero attached hydrogens (tertiary/aromatic N) is 3. The highest BCUT2D eigenvalue weighted by molar-refractivity contribution is 7.15. The summed E-state index contributed by atoms with van der Waals surface area (Å²) in [6.45, 7) is -0.338. The van der Waals surface area contributed by atoms with Crippen LogP contribution < -0.4 is 5.32 Å². The molecule has 1 aromatic carbocycles. The average Bonchev–Trinajstić information content (AvgIpc) is 3.19. The van der Waals surface area contributed by atoms with E-state index in [1.54, 1.807) is 12.3 Å². The summed E-state index contributed by atoms with van der Waals surface area (Å²) < 4.78 is 38.4. The fourth-order valence-electron chi connectivity index (χ4n) is 2.18. The van der Waals surface area contributed by atoms with Crippen LogP contribution in [0.4, 0.5) is 18.3 Å². The number of hydrogen-bond acceptors (Lipinski definition) is 4. The molecule has 5 nitrogen and oxygen atoms in total. The Bertz CT molecular complexity index is 922. The van der Waals surface area contributed by atoms with E-state index in [4.69, 9.17) is 11.6 Å². The fraction of sp³-hybridized carbons (Fsp3) is 0.188. The van der Waals surface area contributed by atoms with Crippen molar-refractivity contribution in [2.24, 2.45) is 0 Å². The number of nitrogens with one attached hydrogen (secondary N) is 1. The van der Waals surface area contributed by atoms with Crippen molar-refractivity contribution < 1.29 is 18.0 Å². The van der Waals surface area contributed by atoms with Crippen LogP contribution in [0, 0.1) is 0 Å². The highest BCUT2D eigenvalue weighted by atomic mass is 35.5. The van der Waals surface area contributed by atoms with Gasteiger partial charge in [-0.15, -0.1) is 11.3 Å². The Labute approximate surface area is 155 Å². The van der Waals surface area contributed by atoms with Crippen LogP contribution in [0.25, 0.3) is 0 Å². The van der Waals surface area contributed by atoms with Gasteiger partial charge in [-0.1, -0.05) is 29.8 Å². The van der Waals surface area contributed by atoms with Crippen LogP contribution in [0.1, 0.15) is 16.1 Å². The van der Waals surface area contributed by atoms with Gasteiger partial charge in [0.2, 0.25) is 5.91 Å². The molecule has 2 heterocycles. The van der Waals surface area contributed by atoms with E-state index in [9.17, 15) is 18.0 Å². The van der Waals surface area contributed by atoms with Gasteiger partial charge in [0.05, 0.1) is 0 Å². The number of carbonyl (C=O) groups is 1. The van der Waals surface area contributed by atoms with Crippen molar-refractivity contribution >= 4 is 34.0 Å². The fourth-order valence-corrected chi connectivity index (χ4v) is 3.24. The number of carbonyl (C=O) groups excluding carboxylic acids is 1. The van der Waals surface area contributed by atoms with Crippen LogP contribution in [0.15, 0.2) is 42.7 Å². The smallest absolute Gasteiger partial charge is 0.300 e. The maximum atomic E-state index is 12.5. The summed E-state index contributed by atoms with van der Waals surface area (Å²) in [5, 5.41) is 6.89. The van der Waals surface area contributed by atoms with Gasteiger partial charge in [0.25, 0.3) is 0 Å². The Morgan fingerprint density at radius 1 is 1.27 bits per heavy atom. The maximum Gasteiger partial charge on any atom is 0.435 e. The first kappa shape index (κ1) is 18.4. The molecule has 0 atom stereocenters. The molecule has 26 heavy (non-hydrogen) atoms. The maximum absolute atomic E-state index is 12.5. The molecule has 0 unspecified atom stereocenters. The predicted molar refractivity (Wildman–Crippen MR) is 92.2 cm³/mol. The molecule has 10 heteroatoms. The number of alkyl halides is 3. The first-order valence-electron chi connectivity index (χ1n) is 7.40. The molecule has 0 spiro atoms. The van der Waals surface area contributed by atoms with E-state index in [1.165, 1.54) is 11.3 Å². The second-order valence-corrected chi connectivity index (χ2v) is 6.87. The Kier molecular flexibility index (Phi) is 5.28. The second kappa shape index (κ2) is 7.46. The van der Waals surface area contributed by atoms with Crippen molar-refractivity contribution in [2.45, 2.75) is 19.1 Å². The zero-order valence-electron chi connectivity index (χ0n) is 13.1. The van der Waals surface area contributed by atoms with Gasteiger partial charge in [-0.05, 0) is 17.7 Å². The van der Waals surface area contributed by atoms with Gasteiger partial charge in [-0.25, -0.2) is 4.98 Å². The van der Waals surface area contributed by atoms with Crippen LogP contribution in [0.2, 0.25) is 5.02 Å². The first-order valence-corrected chi connectivity index (χ1v) is 8.59. The van der Waals surface area contributed by atoms with E-state index in [0.29, 0.717) is 16.6 Å². The summed E-state index contributed by atoms with van der Waals surface area (Å²) in [5.41, 5.74) is -0.103. The SMILES string of the molecule is O=C(Cn1ccc(C(F)(F)F)n1)Nc1ncc(Cc2ccccc2Cl)s1. The monoisotopic (exact) mass is 400 g/mol. The summed E-state index contributed by atoms with van der Waals surface area (Å²) in [4.78, 5) is 17.0. The minimum atomic E-state index is -4.54. The molecule has 0 radical (unpaired) electrons. The molecule has 0 bridgehead atoms. The predicted octanol–water partition coefficient (Wildman–Crippen LogP) is 4.24. The van der Waals surface area contributed by atoms with Crippen molar-refractivity contribution in [2.75, 3.05) is 5.32 Å². The van der Waals surface area contributed by atoms with E-state index >= 15 is 0 Å². The van der Waals surface area contributed by atoms with E-state index < -0.39 is 17.8 Å². The van der Waals surface area contributed by atoms with Gasteiger partial charge < -0.3 is 5.32 Å². The molecular formula is C16H12ClF3N4OS. The zero-order chi connectivity index (χ0) is 18.7. The first-order chi connectivity index (χ1) is 12.3. The number of thiazole rings is 1. The van der Waals surface area contributed by atoms with Crippen LogP contribution in [0.5, 0.6) is 0 Å². The molecule has 0 saturated carbocycles. The molecule has 2 aromatic heterocycles. The highest BCUT2D eigenvalue weighted by Gasteiger charge is 2.33. The molecule has 3 rings (SSSR count). The molecule has 0 aliphatic heterocycles. The third kappa shape index (κ3) is 4.61. The second-order valence-electron chi connectivity index (χ2n) is 5.34. The lowest BCUT2D eigenvalue weighted by Gasteiger charge is -2.03. The van der Waals surface area contributed by atoms with Crippen LogP contribution in [0.3, 0.4) is 0 Å². The molecule has 136 valence electrons. The number of anilines is 1. The molecule has 0 aliphatic rings. The van der Waals surface area contributed by atoms with Crippen molar-refractivity contribution in [1.82, 2.24) is 14.8 Å². The van der Waals surface area contributed by atoms with Crippen molar-refractivity contribution in [3.05, 3.63) is 63.9 Å². The minimum absolute atomic E-state index is 0.338. The lowest BCUT2D eigenvalue weighted by molar-refractivity contribution is -0.141. The van der Waals surface area contributed by atoms with Crippen LogP contribution in [-0.4, -0.2) is 20.7 Å². The summed E-state index contributed by atoms with van der Waals surface area (Å²) in [6, 6.07) is 8.22. The third-order valence-electron chi connectivity index (χ3n) is 3.36. The van der Waals surface area contributed by atoms with Gasteiger partial charge in [-0.2, -0.15) is 18.3 Å². The van der Waals surface area contributed by atoms with Crippen LogP contribution in [-0.2, 0) is 23.9 Å². The van der Waals surface area contributed by atoms with Gasteiger partial charge in [0.15, 0.2) is 10.8 Å². The van der Waals surface area contributed by atoms with Crippen molar-refractivity contribution in [1.29, 1.82) is 0 Å². The average molecular weight is 401 g/mol. The zero-order valence-corrected chi connectivity index (χ0v) is 14.7. The lowest BCUT2D eigenvalue weighted by Crippen LogP contribution is -2.19. The van der Waals surface area contributed by atoms with E-state index in [1.807, 2.05) is 18.2 Å². The normalized spacial score (nSPS) is 11.5. The summed E-state index contributed by atoms with van der Waals surface area (Å²) >= 11 is 7.39. The van der Waals surface area contributed by atoms with E-state index in [-0.39, 0.29) is 6.54 Å². The topological polar surface area (TPSA) is 59.8 Å². The number of benzene rings is 1. The Hall–Kier alpha value is -2.39.